The van der Waals surface area contributed by atoms with Gasteiger partial charge in [-0.3, -0.25) is 9.89 Å². The van der Waals surface area contributed by atoms with Crippen LogP contribution in [0.1, 0.15) is 30.5 Å². The maximum atomic E-state index is 12.1. The van der Waals surface area contributed by atoms with Crippen LogP contribution in [0.25, 0.3) is 0 Å². The molecule has 1 N–H and O–H groups in total. The van der Waals surface area contributed by atoms with E-state index < -0.39 is 0 Å². The highest BCUT2D eigenvalue weighted by atomic mass is 35.5. The molecule has 21 heavy (non-hydrogen) atoms. The summed E-state index contributed by atoms with van der Waals surface area (Å²) in [5.41, 5.74) is 0. The number of hydrogen-bond acceptors (Lipinski definition) is 5. The molecule has 2 aromatic heterocycles. The third kappa shape index (κ3) is 4.72. The molecule has 2 heterocycles. The molecular weight excluding hydrogens is 328 g/mol. The summed E-state index contributed by atoms with van der Waals surface area (Å²) in [7, 11) is 1.79. The molecule has 0 spiro atoms. The minimum absolute atomic E-state index is 0.0421. The van der Waals surface area contributed by atoms with Gasteiger partial charge in [-0.15, -0.1) is 16.4 Å². The van der Waals surface area contributed by atoms with Crippen LogP contribution in [0, 0.1) is 0 Å². The van der Waals surface area contributed by atoms with E-state index in [0.29, 0.717) is 23.4 Å². The van der Waals surface area contributed by atoms with Gasteiger partial charge in [0.05, 0.1) is 16.6 Å². The molecule has 0 bridgehead atoms. The molecule has 5 nitrogen and oxygen atoms in total. The lowest BCUT2D eigenvalue weighted by Crippen LogP contribution is -2.27. The van der Waals surface area contributed by atoms with Crippen LogP contribution >= 0.6 is 34.7 Å². The lowest BCUT2D eigenvalue weighted by molar-refractivity contribution is -0.127. The number of halogens is 1. The van der Waals surface area contributed by atoms with Gasteiger partial charge in [0.25, 0.3) is 0 Å². The Morgan fingerprint density at radius 1 is 1.52 bits per heavy atom. The predicted molar refractivity (Wildman–Crippen MR) is 87.0 cm³/mol. The van der Waals surface area contributed by atoms with Crippen LogP contribution in [0.3, 0.4) is 0 Å². The van der Waals surface area contributed by atoms with E-state index in [1.165, 1.54) is 23.1 Å². The second-order valence-corrected chi connectivity index (χ2v) is 7.64. The number of carbonyl (C=O) groups excluding carboxylic acids is 1. The largest absolute Gasteiger partial charge is 0.340 e. The number of H-pyrrole nitrogens is 1. The Labute approximate surface area is 137 Å². The minimum Gasteiger partial charge on any atom is -0.340 e. The second-order valence-electron chi connectivity index (χ2n) is 4.90. The van der Waals surface area contributed by atoms with Crippen LogP contribution in [0.4, 0.5) is 0 Å². The number of nitrogens with one attached hydrogen (secondary N) is 1. The number of carbonyl (C=O) groups is 1. The second kappa shape index (κ2) is 7.29. The van der Waals surface area contributed by atoms with Crippen molar-refractivity contribution in [2.75, 3.05) is 12.8 Å². The van der Waals surface area contributed by atoms with Crippen molar-refractivity contribution in [2.24, 2.45) is 0 Å². The smallest absolute Gasteiger partial charge is 0.233 e. The summed E-state index contributed by atoms with van der Waals surface area (Å²) in [6.45, 7) is 4.65. The van der Waals surface area contributed by atoms with Gasteiger partial charge in [0.15, 0.2) is 0 Å². The van der Waals surface area contributed by atoms with Gasteiger partial charge in [0.2, 0.25) is 11.1 Å². The van der Waals surface area contributed by atoms with E-state index in [2.05, 4.69) is 15.2 Å². The van der Waals surface area contributed by atoms with E-state index in [1.807, 2.05) is 26.0 Å². The van der Waals surface area contributed by atoms with Gasteiger partial charge in [-0.25, -0.2) is 4.98 Å². The Hall–Kier alpha value is -1.05. The molecule has 114 valence electrons. The quantitative estimate of drug-likeness (QED) is 0.816. The van der Waals surface area contributed by atoms with E-state index in [4.69, 9.17) is 11.6 Å². The predicted octanol–water partition coefficient (Wildman–Crippen LogP) is 3.39. The number of nitrogens with zero attached hydrogens (tertiary/aromatic N) is 3. The summed E-state index contributed by atoms with van der Waals surface area (Å²) < 4.78 is 0.738. The molecule has 0 atom stereocenters. The summed E-state index contributed by atoms with van der Waals surface area (Å²) in [6, 6.07) is 3.78. The molecule has 0 saturated carbocycles. The number of aromatic nitrogens is 3. The topological polar surface area (TPSA) is 61.9 Å². The number of hydrogen-bond donors (Lipinski definition) is 1. The molecule has 2 rings (SSSR count). The van der Waals surface area contributed by atoms with E-state index in [1.54, 1.807) is 11.9 Å². The zero-order valence-electron chi connectivity index (χ0n) is 12.1. The third-order valence-electron chi connectivity index (χ3n) is 2.80. The highest BCUT2D eigenvalue weighted by Crippen LogP contribution is 2.23. The summed E-state index contributed by atoms with van der Waals surface area (Å²) in [5.74, 6) is 1.51. The number of amides is 1. The monoisotopic (exact) mass is 344 g/mol. The van der Waals surface area contributed by atoms with Crippen LogP contribution in [0.2, 0.25) is 4.34 Å². The normalized spacial score (nSPS) is 11.1. The number of thiophene rings is 1. The van der Waals surface area contributed by atoms with Crippen molar-refractivity contribution in [3.05, 3.63) is 27.2 Å². The Morgan fingerprint density at radius 2 is 2.29 bits per heavy atom. The third-order valence-corrected chi connectivity index (χ3v) is 4.85. The zero-order chi connectivity index (χ0) is 15.4. The van der Waals surface area contributed by atoms with Crippen LogP contribution in [0.5, 0.6) is 0 Å². The van der Waals surface area contributed by atoms with Crippen molar-refractivity contribution in [1.29, 1.82) is 0 Å². The Balaban J connectivity index is 1.83. The van der Waals surface area contributed by atoms with Crippen molar-refractivity contribution in [1.82, 2.24) is 20.1 Å². The van der Waals surface area contributed by atoms with Gasteiger partial charge in [-0.1, -0.05) is 37.2 Å². The van der Waals surface area contributed by atoms with E-state index in [0.717, 1.165) is 15.0 Å². The van der Waals surface area contributed by atoms with Gasteiger partial charge in [0.1, 0.15) is 5.82 Å². The average molecular weight is 345 g/mol. The first-order chi connectivity index (χ1) is 9.95. The molecule has 0 radical (unpaired) electrons. The highest BCUT2D eigenvalue weighted by Gasteiger charge is 2.13. The minimum atomic E-state index is 0.0421. The molecule has 0 saturated heterocycles. The molecule has 0 aliphatic rings. The van der Waals surface area contributed by atoms with Crippen molar-refractivity contribution in [3.63, 3.8) is 0 Å². The van der Waals surface area contributed by atoms with E-state index in [-0.39, 0.29) is 5.91 Å². The van der Waals surface area contributed by atoms with Crippen LogP contribution in [-0.4, -0.2) is 38.8 Å². The zero-order valence-corrected chi connectivity index (χ0v) is 14.5. The molecule has 0 fully saturated rings. The van der Waals surface area contributed by atoms with Crippen molar-refractivity contribution < 1.29 is 4.79 Å². The standard InChI is InChI=1S/C13H17ClN4OS2/c1-8(2)12-15-13(17-16-12)20-7-11(19)18(3)6-9-4-5-10(14)21-9/h4-5,8H,6-7H2,1-3H3,(H,15,16,17). The molecule has 8 heteroatoms. The van der Waals surface area contributed by atoms with Gasteiger partial charge in [0, 0.05) is 17.8 Å². The SMILES string of the molecule is CC(C)c1nc(SCC(=O)N(C)Cc2ccc(Cl)s2)n[nH]1. The fourth-order valence-electron chi connectivity index (χ4n) is 1.58. The average Bonchev–Trinajstić information content (AvgIpc) is 3.05. The van der Waals surface area contributed by atoms with Crippen molar-refractivity contribution in [3.8, 4) is 0 Å². The van der Waals surface area contributed by atoms with Gasteiger partial charge < -0.3 is 4.90 Å². The van der Waals surface area contributed by atoms with Crippen molar-refractivity contribution in [2.45, 2.75) is 31.5 Å². The molecule has 0 aliphatic carbocycles. The van der Waals surface area contributed by atoms with Crippen LogP contribution in [0.15, 0.2) is 17.3 Å². The Bertz CT molecular complexity index is 611. The highest BCUT2D eigenvalue weighted by molar-refractivity contribution is 7.99. The Kier molecular flexibility index (Phi) is 5.66. The first kappa shape index (κ1) is 16.3. The molecule has 1 amide bonds. The van der Waals surface area contributed by atoms with Crippen LogP contribution < -0.4 is 0 Å². The van der Waals surface area contributed by atoms with Gasteiger partial charge in [-0.2, -0.15) is 0 Å². The van der Waals surface area contributed by atoms with Crippen molar-refractivity contribution >= 4 is 40.6 Å². The van der Waals surface area contributed by atoms with Crippen LogP contribution in [-0.2, 0) is 11.3 Å². The molecule has 0 aliphatic heterocycles. The molecule has 0 unspecified atom stereocenters. The van der Waals surface area contributed by atoms with E-state index >= 15 is 0 Å². The van der Waals surface area contributed by atoms with E-state index in [9.17, 15) is 4.79 Å². The lowest BCUT2D eigenvalue weighted by Gasteiger charge is -2.15. The maximum absolute atomic E-state index is 12.1. The first-order valence-corrected chi connectivity index (χ1v) is 8.67. The molecular formula is C13H17ClN4OS2. The summed E-state index contributed by atoms with van der Waals surface area (Å²) in [6.07, 6.45) is 0. The van der Waals surface area contributed by atoms with Gasteiger partial charge in [-0.05, 0) is 12.1 Å². The number of thioether (sulfide) groups is 1. The maximum Gasteiger partial charge on any atom is 0.233 e. The number of aromatic amines is 1. The molecule has 0 aromatic carbocycles. The molecule has 2 aromatic rings. The summed E-state index contributed by atoms with van der Waals surface area (Å²) >= 11 is 8.72. The first-order valence-electron chi connectivity index (χ1n) is 6.49. The number of rotatable bonds is 6. The summed E-state index contributed by atoms with van der Waals surface area (Å²) in [5, 5.41) is 7.59. The Morgan fingerprint density at radius 3 is 2.86 bits per heavy atom. The fraction of sp³-hybridized carbons (Fsp3) is 0.462. The lowest BCUT2D eigenvalue weighted by atomic mass is 10.2. The van der Waals surface area contributed by atoms with Gasteiger partial charge >= 0.3 is 0 Å². The fourth-order valence-corrected chi connectivity index (χ4v) is 3.46. The summed E-state index contributed by atoms with van der Waals surface area (Å²) in [4.78, 5) is 19.2.